The quantitative estimate of drug-likeness (QED) is 0.486. The molecule has 1 aliphatic heterocycles. The van der Waals surface area contributed by atoms with Crippen LogP contribution >= 0.6 is 28.4 Å². The molecule has 0 atom stereocenters. The lowest BCUT2D eigenvalue weighted by atomic mass is 10.1. The maximum absolute atomic E-state index is 11.5. The van der Waals surface area contributed by atoms with Crippen molar-refractivity contribution in [2.24, 2.45) is 0 Å². The van der Waals surface area contributed by atoms with Gasteiger partial charge < -0.3 is 9.84 Å². The summed E-state index contributed by atoms with van der Waals surface area (Å²) in [6.07, 6.45) is 0. The van der Waals surface area contributed by atoms with Crippen molar-refractivity contribution in [1.29, 1.82) is 0 Å². The molecule has 25 heavy (non-hydrogen) atoms. The van der Waals surface area contributed by atoms with Crippen LogP contribution in [0.25, 0.3) is 11.1 Å². The number of rotatable bonds is 3. The lowest BCUT2D eigenvalue weighted by Crippen LogP contribution is -2.01. The molecule has 1 aliphatic rings. The molecule has 3 nitrogen and oxygen atoms in total. The normalized spacial score (nSPS) is 15.1. The first-order chi connectivity index (χ1) is 12.1. The summed E-state index contributed by atoms with van der Waals surface area (Å²) in [5.74, 6) is -0.205. The first-order valence-corrected chi connectivity index (χ1v) is 11.9. The van der Waals surface area contributed by atoms with Gasteiger partial charge in [-0.05, 0) is 62.7 Å². The predicted octanol–water partition coefficient (Wildman–Crippen LogP) is 6.01. The van der Waals surface area contributed by atoms with E-state index < -0.39 is 13.2 Å². The Morgan fingerprint density at radius 2 is 1.48 bits per heavy atom. The van der Waals surface area contributed by atoms with Gasteiger partial charge in [-0.3, -0.25) is 0 Å². The second kappa shape index (κ2) is 6.07. The Balaban J connectivity index is 2.08. The van der Waals surface area contributed by atoms with Crippen LogP contribution < -0.4 is 4.74 Å². The predicted molar refractivity (Wildman–Crippen MR) is 108 cm³/mol. The van der Waals surface area contributed by atoms with Gasteiger partial charge in [0.15, 0.2) is 0 Å². The number of methoxy groups -OCH3 is 1. The topological polar surface area (TPSA) is 46.5 Å². The first kappa shape index (κ1) is 16.5. The lowest BCUT2D eigenvalue weighted by molar-refractivity contribution is 0.0696. The van der Waals surface area contributed by atoms with Gasteiger partial charge in [0.1, 0.15) is 5.75 Å². The Bertz CT molecular complexity index is 954. The molecule has 3 aromatic rings. The van der Waals surface area contributed by atoms with E-state index in [0.29, 0.717) is 0 Å². The molecule has 3 aromatic carbocycles. The standard InChI is InChI=1S/C20H15IO3S/c1-24-16-11-10-13(20(22)23)12-19(16)25(21)17-8-4-2-6-14(17)15-7-3-5-9-18(15)25/h2-12H,1H3,(H,22,23). The number of carboxylic acid groups (broad SMARTS) is 1. The number of benzene rings is 3. The number of aromatic carboxylic acids is 1. The van der Waals surface area contributed by atoms with Crippen LogP contribution in [0.3, 0.4) is 0 Å². The van der Waals surface area contributed by atoms with Crippen molar-refractivity contribution in [3.63, 3.8) is 0 Å². The van der Waals surface area contributed by atoms with Crippen LogP contribution in [0.1, 0.15) is 10.4 Å². The molecule has 0 spiro atoms. The summed E-state index contributed by atoms with van der Waals surface area (Å²) in [5.41, 5.74) is 2.71. The number of carbonyl (C=O) groups is 1. The van der Waals surface area contributed by atoms with E-state index in [1.165, 1.54) is 20.9 Å². The van der Waals surface area contributed by atoms with Gasteiger partial charge in [-0.1, -0.05) is 36.4 Å². The highest BCUT2D eigenvalue weighted by Gasteiger charge is 2.40. The Labute approximate surface area is 159 Å². The van der Waals surface area contributed by atoms with E-state index >= 15 is 0 Å². The highest BCUT2D eigenvalue weighted by atomic mass is 127. The van der Waals surface area contributed by atoms with Crippen LogP contribution in [0.4, 0.5) is 0 Å². The summed E-state index contributed by atoms with van der Waals surface area (Å²) < 4.78 is 5.61. The number of hydrogen-bond donors (Lipinski definition) is 1. The molecule has 0 aliphatic carbocycles. The van der Waals surface area contributed by atoms with E-state index in [4.69, 9.17) is 4.74 Å². The Hall–Kier alpha value is -1.99. The highest BCUT2D eigenvalue weighted by molar-refractivity contribution is 14.2. The Kier molecular flexibility index (Phi) is 4.00. The zero-order valence-electron chi connectivity index (χ0n) is 13.4. The molecule has 5 heteroatoms. The van der Waals surface area contributed by atoms with E-state index in [9.17, 15) is 9.90 Å². The van der Waals surface area contributed by atoms with Crippen LogP contribution in [0, 0.1) is 0 Å². The molecule has 0 saturated carbocycles. The molecule has 0 radical (unpaired) electrons. The number of carboxylic acids is 1. The van der Waals surface area contributed by atoms with Gasteiger partial charge in [0.2, 0.25) is 0 Å². The van der Waals surface area contributed by atoms with Gasteiger partial charge in [-0.2, -0.15) is 0 Å². The highest BCUT2D eigenvalue weighted by Crippen LogP contribution is 2.82. The van der Waals surface area contributed by atoms with E-state index in [2.05, 4.69) is 45.5 Å². The molecule has 0 saturated heterocycles. The molecule has 1 N–H and O–H groups in total. The molecular weight excluding hydrogens is 447 g/mol. The third-order valence-electron chi connectivity index (χ3n) is 4.38. The van der Waals surface area contributed by atoms with E-state index in [0.717, 1.165) is 10.6 Å². The fraction of sp³-hybridized carbons (Fsp3) is 0.0500. The number of halogens is 1. The van der Waals surface area contributed by atoms with Gasteiger partial charge in [-0.25, -0.2) is 4.79 Å². The molecule has 0 amide bonds. The zero-order valence-corrected chi connectivity index (χ0v) is 16.4. The summed E-state index contributed by atoms with van der Waals surface area (Å²) >= 11 is 2.51. The van der Waals surface area contributed by atoms with Gasteiger partial charge in [0.05, 0.1) is 12.7 Å². The van der Waals surface area contributed by atoms with E-state index in [1.54, 1.807) is 25.3 Å². The van der Waals surface area contributed by atoms with Crippen molar-refractivity contribution in [3.8, 4) is 16.9 Å². The van der Waals surface area contributed by atoms with Gasteiger partial charge >= 0.3 is 5.97 Å². The molecular formula is C20H15IO3S. The van der Waals surface area contributed by atoms with Crippen molar-refractivity contribution >= 4 is 34.4 Å². The molecule has 0 aromatic heterocycles. The summed E-state index contributed by atoms with van der Waals surface area (Å²) in [4.78, 5) is 14.9. The molecule has 126 valence electrons. The average Bonchev–Trinajstić information content (AvgIpc) is 2.92. The minimum absolute atomic E-state index is 0.279. The first-order valence-electron chi connectivity index (χ1n) is 7.70. The van der Waals surface area contributed by atoms with Crippen LogP contribution in [0.15, 0.2) is 81.4 Å². The fourth-order valence-corrected chi connectivity index (χ4v) is 9.51. The monoisotopic (exact) mass is 462 g/mol. The van der Waals surface area contributed by atoms with Crippen LogP contribution in [0.5, 0.6) is 5.75 Å². The molecule has 4 rings (SSSR count). The summed E-state index contributed by atoms with van der Waals surface area (Å²) in [6, 6.07) is 21.8. The summed E-state index contributed by atoms with van der Waals surface area (Å²) in [7, 11) is 0.0123. The average molecular weight is 462 g/mol. The third-order valence-corrected chi connectivity index (χ3v) is 11.5. The summed E-state index contributed by atoms with van der Waals surface area (Å²) in [6.45, 7) is 0. The number of fused-ring (bicyclic) bond motifs is 3. The lowest BCUT2D eigenvalue weighted by Gasteiger charge is -2.33. The van der Waals surface area contributed by atoms with Crippen molar-refractivity contribution in [2.45, 2.75) is 14.7 Å². The van der Waals surface area contributed by atoms with Gasteiger partial charge in [-0.15, -0.1) is 7.20 Å². The minimum Gasteiger partial charge on any atom is -0.496 e. The number of ether oxygens (including phenoxy) is 1. The van der Waals surface area contributed by atoms with Crippen molar-refractivity contribution in [2.75, 3.05) is 7.11 Å². The van der Waals surface area contributed by atoms with Crippen molar-refractivity contribution in [1.82, 2.24) is 0 Å². The SMILES string of the molecule is COc1ccc(C(=O)O)cc1S1(I)c2ccccc2-c2ccccc21. The fourth-order valence-electron chi connectivity index (χ4n) is 3.25. The molecule has 0 unspecified atom stereocenters. The van der Waals surface area contributed by atoms with Crippen molar-refractivity contribution < 1.29 is 14.6 Å². The van der Waals surface area contributed by atoms with Crippen LogP contribution in [-0.2, 0) is 0 Å². The largest absolute Gasteiger partial charge is 0.496 e. The van der Waals surface area contributed by atoms with Crippen LogP contribution in [0.2, 0.25) is 0 Å². The van der Waals surface area contributed by atoms with E-state index in [1.807, 2.05) is 24.3 Å². The minimum atomic E-state index is -1.62. The third kappa shape index (κ3) is 2.37. The van der Waals surface area contributed by atoms with Gasteiger partial charge in [0, 0.05) is 14.7 Å². The summed E-state index contributed by atoms with van der Waals surface area (Å²) in [5, 5.41) is 9.46. The van der Waals surface area contributed by atoms with Crippen LogP contribution in [-0.4, -0.2) is 18.2 Å². The maximum atomic E-state index is 11.5. The smallest absolute Gasteiger partial charge is 0.335 e. The van der Waals surface area contributed by atoms with E-state index in [-0.39, 0.29) is 5.56 Å². The Morgan fingerprint density at radius 1 is 0.920 bits per heavy atom. The van der Waals surface area contributed by atoms with Gasteiger partial charge in [0.25, 0.3) is 0 Å². The molecule has 0 fully saturated rings. The Morgan fingerprint density at radius 3 is 2.00 bits per heavy atom. The van der Waals surface area contributed by atoms with Crippen molar-refractivity contribution in [3.05, 3.63) is 72.3 Å². The second-order valence-corrected chi connectivity index (χ2v) is 12.1. The number of hydrogen-bond acceptors (Lipinski definition) is 2. The maximum Gasteiger partial charge on any atom is 0.335 e. The molecule has 0 bridgehead atoms. The second-order valence-electron chi connectivity index (χ2n) is 5.70. The molecule has 1 heterocycles. The zero-order chi connectivity index (χ0) is 17.6.